The molecule has 0 saturated heterocycles. The molecule has 27 heavy (non-hydrogen) atoms. The minimum atomic E-state index is -0.269. The summed E-state index contributed by atoms with van der Waals surface area (Å²) in [5.74, 6) is -0.256. The fraction of sp³-hybridized carbons (Fsp3) is 0.0476. The normalized spacial score (nSPS) is 10.7. The van der Waals surface area contributed by atoms with E-state index in [1.54, 1.807) is 25.4 Å². The van der Waals surface area contributed by atoms with Gasteiger partial charge in [0.1, 0.15) is 11.5 Å². The van der Waals surface area contributed by atoms with Crippen molar-refractivity contribution in [2.45, 2.75) is 0 Å². The van der Waals surface area contributed by atoms with Gasteiger partial charge < -0.3 is 10.6 Å². The molecule has 0 fully saturated rings. The molecular formula is C21H17FN4O. The summed E-state index contributed by atoms with van der Waals surface area (Å²) in [4.78, 5) is 16.0. The zero-order valence-electron chi connectivity index (χ0n) is 14.6. The Labute approximate surface area is 155 Å². The number of aromatic nitrogens is 2. The Morgan fingerprint density at radius 1 is 1.00 bits per heavy atom. The molecule has 2 aromatic heterocycles. The summed E-state index contributed by atoms with van der Waals surface area (Å²) in [6, 6.07) is 17.6. The summed E-state index contributed by atoms with van der Waals surface area (Å²) in [5.41, 5.74) is 5.23. The first-order valence-electron chi connectivity index (χ1n) is 8.46. The molecule has 134 valence electrons. The first-order valence-corrected chi connectivity index (χ1v) is 8.46. The van der Waals surface area contributed by atoms with Crippen molar-refractivity contribution >= 4 is 17.4 Å². The quantitative estimate of drug-likeness (QED) is 0.563. The van der Waals surface area contributed by atoms with Crippen LogP contribution in [0, 0.1) is 5.82 Å². The van der Waals surface area contributed by atoms with Crippen LogP contribution in [-0.2, 0) is 0 Å². The third-order valence-corrected chi connectivity index (χ3v) is 4.33. The van der Waals surface area contributed by atoms with E-state index in [4.69, 9.17) is 0 Å². The van der Waals surface area contributed by atoms with Crippen LogP contribution in [-0.4, -0.2) is 22.5 Å². The largest absolute Gasteiger partial charge is 0.341 e. The first kappa shape index (κ1) is 16.8. The zero-order valence-corrected chi connectivity index (χ0v) is 14.6. The summed E-state index contributed by atoms with van der Waals surface area (Å²) in [6.45, 7) is 0. The number of amides is 2. The molecule has 2 aromatic carbocycles. The van der Waals surface area contributed by atoms with Crippen LogP contribution in [0.2, 0.25) is 0 Å². The summed E-state index contributed by atoms with van der Waals surface area (Å²) in [5, 5.41) is 5.30. The van der Waals surface area contributed by atoms with Crippen molar-refractivity contribution in [3.05, 3.63) is 78.9 Å². The van der Waals surface area contributed by atoms with Gasteiger partial charge >= 0.3 is 6.03 Å². The average molecular weight is 360 g/mol. The second-order valence-corrected chi connectivity index (χ2v) is 6.08. The van der Waals surface area contributed by atoms with Crippen LogP contribution < -0.4 is 10.6 Å². The van der Waals surface area contributed by atoms with Crippen molar-refractivity contribution in [2.75, 3.05) is 12.4 Å². The van der Waals surface area contributed by atoms with E-state index in [9.17, 15) is 9.18 Å². The van der Waals surface area contributed by atoms with Crippen LogP contribution in [0.5, 0.6) is 0 Å². The topological polar surface area (TPSA) is 58.4 Å². The fourth-order valence-corrected chi connectivity index (χ4v) is 2.97. The van der Waals surface area contributed by atoms with E-state index in [1.807, 2.05) is 47.0 Å². The molecule has 0 bridgehead atoms. The van der Waals surface area contributed by atoms with Gasteiger partial charge in [-0.2, -0.15) is 0 Å². The number of rotatable bonds is 3. The molecular weight excluding hydrogens is 343 g/mol. The van der Waals surface area contributed by atoms with E-state index in [0.29, 0.717) is 5.69 Å². The number of imidazole rings is 1. The summed E-state index contributed by atoms with van der Waals surface area (Å²) >= 11 is 0. The minimum Gasteiger partial charge on any atom is -0.341 e. The standard InChI is InChI=1S/C21H17FN4O/c1-23-21(27)25-18-4-2-3-16(11-18)19-13-24-20-12-15(9-10-26(19)20)14-5-7-17(22)8-6-14/h2-13H,1H3,(H2,23,25,27). The van der Waals surface area contributed by atoms with Crippen LogP contribution in [0.25, 0.3) is 28.0 Å². The van der Waals surface area contributed by atoms with E-state index < -0.39 is 0 Å². The predicted molar refractivity (Wildman–Crippen MR) is 104 cm³/mol. The second kappa shape index (κ2) is 6.92. The number of urea groups is 1. The second-order valence-electron chi connectivity index (χ2n) is 6.08. The number of carbonyl (C=O) groups excluding carboxylic acids is 1. The molecule has 0 spiro atoms. The number of fused-ring (bicyclic) bond motifs is 1. The van der Waals surface area contributed by atoms with Gasteiger partial charge in [0, 0.05) is 24.5 Å². The number of benzene rings is 2. The number of halogens is 1. The maximum Gasteiger partial charge on any atom is 0.318 e. The SMILES string of the molecule is CNC(=O)Nc1cccc(-c2cnc3cc(-c4ccc(F)cc4)ccn23)c1. The molecule has 0 aliphatic carbocycles. The lowest BCUT2D eigenvalue weighted by Gasteiger charge is -2.08. The van der Waals surface area contributed by atoms with Crippen molar-refractivity contribution in [1.29, 1.82) is 0 Å². The average Bonchev–Trinajstić information content (AvgIpc) is 3.12. The Morgan fingerprint density at radius 3 is 2.59 bits per heavy atom. The Balaban J connectivity index is 1.71. The fourth-order valence-electron chi connectivity index (χ4n) is 2.97. The summed E-state index contributed by atoms with van der Waals surface area (Å²) in [7, 11) is 1.57. The van der Waals surface area contributed by atoms with Crippen molar-refractivity contribution < 1.29 is 9.18 Å². The van der Waals surface area contributed by atoms with Gasteiger partial charge in [0.15, 0.2) is 0 Å². The highest BCUT2D eigenvalue weighted by Crippen LogP contribution is 2.26. The number of hydrogen-bond donors (Lipinski definition) is 2. The van der Waals surface area contributed by atoms with E-state index in [1.165, 1.54) is 12.1 Å². The van der Waals surface area contributed by atoms with Gasteiger partial charge in [0.25, 0.3) is 0 Å². The van der Waals surface area contributed by atoms with E-state index in [0.717, 1.165) is 28.0 Å². The number of pyridine rings is 1. The minimum absolute atomic E-state index is 0.256. The van der Waals surface area contributed by atoms with Crippen LogP contribution in [0.15, 0.2) is 73.1 Å². The molecule has 0 saturated carbocycles. The van der Waals surface area contributed by atoms with Crippen molar-refractivity contribution in [3.8, 4) is 22.4 Å². The van der Waals surface area contributed by atoms with Gasteiger partial charge in [-0.3, -0.25) is 4.40 Å². The van der Waals surface area contributed by atoms with Crippen LogP contribution in [0.3, 0.4) is 0 Å². The molecule has 0 aliphatic rings. The third-order valence-electron chi connectivity index (χ3n) is 4.33. The highest BCUT2D eigenvalue weighted by atomic mass is 19.1. The highest BCUT2D eigenvalue weighted by Gasteiger charge is 2.09. The van der Waals surface area contributed by atoms with Crippen molar-refractivity contribution in [1.82, 2.24) is 14.7 Å². The molecule has 2 amide bonds. The van der Waals surface area contributed by atoms with E-state index >= 15 is 0 Å². The monoisotopic (exact) mass is 360 g/mol. The number of nitrogens with zero attached hydrogens (tertiary/aromatic N) is 2. The predicted octanol–water partition coefficient (Wildman–Crippen LogP) is 4.56. The molecule has 0 atom stereocenters. The number of carbonyl (C=O) groups is 1. The van der Waals surface area contributed by atoms with Crippen LogP contribution in [0.4, 0.5) is 14.9 Å². The summed E-state index contributed by atoms with van der Waals surface area (Å²) < 4.78 is 15.1. The van der Waals surface area contributed by atoms with Gasteiger partial charge in [-0.1, -0.05) is 24.3 Å². The molecule has 6 heteroatoms. The molecule has 2 N–H and O–H groups in total. The number of nitrogens with one attached hydrogen (secondary N) is 2. The van der Waals surface area contributed by atoms with E-state index in [2.05, 4.69) is 15.6 Å². The Kier molecular flexibility index (Phi) is 4.30. The zero-order chi connectivity index (χ0) is 18.8. The first-order chi connectivity index (χ1) is 13.1. The van der Waals surface area contributed by atoms with Gasteiger partial charge in [-0.05, 0) is 47.5 Å². The van der Waals surface area contributed by atoms with E-state index in [-0.39, 0.29) is 11.8 Å². The Morgan fingerprint density at radius 2 is 1.81 bits per heavy atom. The lowest BCUT2D eigenvalue weighted by Crippen LogP contribution is -2.24. The summed E-state index contributed by atoms with van der Waals surface area (Å²) in [6.07, 6.45) is 3.73. The molecule has 0 radical (unpaired) electrons. The number of anilines is 1. The number of hydrogen-bond acceptors (Lipinski definition) is 2. The molecule has 0 aliphatic heterocycles. The Hall–Kier alpha value is -3.67. The maximum atomic E-state index is 13.1. The van der Waals surface area contributed by atoms with Gasteiger partial charge in [0.05, 0.1) is 11.9 Å². The van der Waals surface area contributed by atoms with Gasteiger partial charge in [0.2, 0.25) is 0 Å². The van der Waals surface area contributed by atoms with Crippen LogP contribution in [0.1, 0.15) is 0 Å². The molecule has 5 nitrogen and oxygen atoms in total. The van der Waals surface area contributed by atoms with Gasteiger partial charge in [-0.15, -0.1) is 0 Å². The molecule has 2 heterocycles. The van der Waals surface area contributed by atoms with Crippen molar-refractivity contribution in [3.63, 3.8) is 0 Å². The van der Waals surface area contributed by atoms with Crippen molar-refractivity contribution in [2.24, 2.45) is 0 Å². The lowest BCUT2D eigenvalue weighted by molar-refractivity contribution is 0.254. The lowest BCUT2D eigenvalue weighted by atomic mass is 10.1. The smallest absolute Gasteiger partial charge is 0.318 e. The molecule has 4 aromatic rings. The third kappa shape index (κ3) is 3.37. The molecule has 4 rings (SSSR count). The Bertz CT molecular complexity index is 1120. The molecule has 0 unspecified atom stereocenters. The maximum absolute atomic E-state index is 13.1. The van der Waals surface area contributed by atoms with Crippen LogP contribution >= 0.6 is 0 Å². The highest BCUT2D eigenvalue weighted by molar-refractivity contribution is 5.89. The van der Waals surface area contributed by atoms with Gasteiger partial charge in [-0.25, -0.2) is 14.2 Å².